The lowest BCUT2D eigenvalue weighted by molar-refractivity contribution is -0.0159. The van der Waals surface area contributed by atoms with Crippen molar-refractivity contribution >= 4 is 0 Å². The molecule has 2 heterocycles. The summed E-state index contributed by atoms with van der Waals surface area (Å²) in [6, 6.07) is 2.74. The molecular weight excluding hydrogens is 254 g/mol. The first kappa shape index (κ1) is 14.0. The summed E-state index contributed by atoms with van der Waals surface area (Å²) in [6.45, 7) is 3.10. The third kappa shape index (κ3) is 3.05. The molecule has 1 aliphatic heterocycles. The van der Waals surface area contributed by atoms with Crippen LogP contribution in [0.1, 0.15) is 43.8 Å². The van der Waals surface area contributed by atoms with E-state index in [0.717, 1.165) is 31.8 Å². The van der Waals surface area contributed by atoms with Crippen molar-refractivity contribution in [2.75, 3.05) is 26.9 Å². The van der Waals surface area contributed by atoms with E-state index < -0.39 is 0 Å². The van der Waals surface area contributed by atoms with Gasteiger partial charge in [-0.2, -0.15) is 5.10 Å². The number of nitrogens with one attached hydrogen (secondary N) is 1. The lowest BCUT2D eigenvalue weighted by atomic mass is 10.0. The minimum absolute atomic E-state index is 0.145. The minimum Gasteiger partial charge on any atom is -0.378 e. The van der Waals surface area contributed by atoms with Crippen LogP contribution in [0.15, 0.2) is 12.3 Å². The molecule has 5 nitrogen and oxygen atoms in total. The molecule has 1 saturated carbocycles. The van der Waals surface area contributed by atoms with E-state index in [4.69, 9.17) is 9.47 Å². The number of nitrogens with zero attached hydrogens (tertiary/aromatic N) is 2. The fourth-order valence-corrected chi connectivity index (χ4v) is 3.22. The molecule has 0 spiro atoms. The van der Waals surface area contributed by atoms with Crippen LogP contribution in [0.4, 0.5) is 0 Å². The fraction of sp³-hybridized carbons (Fsp3) is 0.800. The molecule has 0 amide bonds. The second-order valence-electron chi connectivity index (χ2n) is 6.02. The Morgan fingerprint density at radius 3 is 3.05 bits per heavy atom. The number of rotatable bonds is 6. The average molecular weight is 279 g/mol. The van der Waals surface area contributed by atoms with Gasteiger partial charge in [-0.25, -0.2) is 0 Å². The largest absolute Gasteiger partial charge is 0.378 e. The van der Waals surface area contributed by atoms with Gasteiger partial charge < -0.3 is 14.8 Å². The SMILES string of the molecule is COC1(CNCc2ccn(C3CCCC3)n2)CCOC1. The monoisotopic (exact) mass is 279 g/mol. The predicted molar refractivity (Wildman–Crippen MR) is 76.6 cm³/mol. The van der Waals surface area contributed by atoms with Gasteiger partial charge in [0.2, 0.25) is 0 Å². The molecule has 1 aromatic rings. The first-order valence-corrected chi connectivity index (χ1v) is 7.69. The van der Waals surface area contributed by atoms with E-state index in [9.17, 15) is 0 Å². The summed E-state index contributed by atoms with van der Waals surface area (Å²) >= 11 is 0. The molecule has 1 atom stereocenters. The highest BCUT2D eigenvalue weighted by Crippen LogP contribution is 2.28. The van der Waals surface area contributed by atoms with Gasteiger partial charge in [0.25, 0.3) is 0 Å². The molecular formula is C15H25N3O2. The Morgan fingerprint density at radius 2 is 2.35 bits per heavy atom. The molecule has 0 radical (unpaired) electrons. The van der Waals surface area contributed by atoms with Crippen molar-refractivity contribution in [2.45, 2.75) is 50.3 Å². The van der Waals surface area contributed by atoms with Crippen LogP contribution in [0.3, 0.4) is 0 Å². The van der Waals surface area contributed by atoms with Gasteiger partial charge in [0, 0.05) is 39.4 Å². The summed E-state index contributed by atoms with van der Waals surface area (Å²) in [4.78, 5) is 0. The van der Waals surface area contributed by atoms with Crippen molar-refractivity contribution in [1.29, 1.82) is 0 Å². The first-order chi connectivity index (χ1) is 9.81. The van der Waals surface area contributed by atoms with Gasteiger partial charge in [0.05, 0.1) is 18.3 Å². The van der Waals surface area contributed by atoms with E-state index in [2.05, 4.69) is 27.4 Å². The molecule has 0 aromatic carbocycles. The Morgan fingerprint density at radius 1 is 1.50 bits per heavy atom. The van der Waals surface area contributed by atoms with Crippen LogP contribution >= 0.6 is 0 Å². The Bertz CT molecular complexity index is 421. The molecule has 1 aliphatic carbocycles. The standard InChI is InChI=1S/C15H25N3O2/c1-19-15(7-9-20-12-15)11-16-10-13-6-8-18(17-13)14-4-2-3-5-14/h6,8,14,16H,2-5,7,9-12H2,1H3. The second kappa shape index (κ2) is 6.24. The summed E-state index contributed by atoms with van der Waals surface area (Å²) in [5, 5.41) is 8.15. The third-order valence-electron chi connectivity index (χ3n) is 4.62. The van der Waals surface area contributed by atoms with Crippen molar-refractivity contribution in [3.05, 3.63) is 18.0 Å². The molecule has 3 rings (SSSR count). The Hall–Kier alpha value is -0.910. The number of hydrogen-bond donors (Lipinski definition) is 1. The van der Waals surface area contributed by atoms with Crippen molar-refractivity contribution < 1.29 is 9.47 Å². The zero-order valence-corrected chi connectivity index (χ0v) is 12.3. The first-order valence-electron chi connectivity index (χ1n) is 7.69. The zero-order chi connectivity index (χ0) is 13.8. The van der Waals surface area contributed by atoms with Gasteiger partial charge in [-0.15, -0.1) is 0 Å². The van der Waals surface area contributed by atoms with E-state index in [1.54, 1.807) is 7.11 Å². The average Bonchev–Trinajstić information content (AvgIpc) is 3.21. The van der Waals surface area contributed by atoms with Gasteiger partial charge >= 0.3 is 0 Å². The fourth-order valence-electron chi connectivity index (χ4n) is 3.22. The minimum atomic E-state index is -0.145. The van der Waals surface area contributed by atoms with Gasteiger partial charge in [-0.05, 0) is 18.9 Å². The topological polar surface area (TPSA) is 48.3 Å². The van der Waals surface area contributed by atoms with Crippen LogP contribution in [-0.4, -0.2) is 42.2 Å². The molecule has 1 unspecified atom stereocenters. The molecule has 112 valence electrons. The highest BCUT2D eigenvalue weighted by atomic mass is 16.5. The Kier molecular flexibility index (Phi) is 4.38. The van der Waals surface area contributed by atoms with Gasteiger partial charge in [0.15, 0.2) is 0 Å². The van der Waals surface area contributed by atoms with Crippen LogP contribution in [0.25, 0.3) is 0 Å². The molecule has 1 aromatic heterocycles. The summed E-state index contributed by atoms with van der Waals surface area (Å²) in [6.07, 6.45) is 8.32. The maximum absolute atomic E-state index is 5.61. The van der Waals surface area contributed by atoms with E-state index in [0.29, 0.717) is 12.6 Å². The number of methoxy groups -OCH3 is 1. The summed E-state index contributed by atoms with van der Waals surface area (Å²) in [7, 11) is 1.77. The highest BCUT2D eigenvalue weighted by molar-refractivity contribution is 5.00. The number of ether oxygens (including phenoxy) is 2. The Balaban J connectivity index is 1.48. The highest BCUT2D eigenvalue weighted by Gasteiger charge is 2.34. The second-order valence-corrected chi connectivity index (χ2v) is 6.02. The third-order valence-corrected chi connectivity index (χ3v) is 4.62. The normalized spacial score (nSPS) is 27.4. The molecule has 1 N–H and O–H groups in total. The zero-order valence-electron chi connectivity index (χ0n) is 12.3. The lowest BCUT2D eigenvalue weighted by Crippen LogP contribution is -2.42. The maximum atomic E-state index is 5.61. The van der Waals surface area contributed by atoms with Crippen molar-refractivity contribution in [3.63, 3.8) is 0 Å². The van der Waals surface area contributed by atoms with Crippen molar-refractivity contribution in [2.24, 2.45) is 0 Å². The number of hydrogen-bond acceptors (Lipinski definition) is 4. The van der Waals surface area contributed by atoms with Gasteiger partial charge in [0.1, 0.15) is 5.60 Å². The summed E-state index contributed by atoms with van der Waals surface area (Å²) in [5.41, 5.74) is 0.968. The summed E-state index contributed by atoms with van der Waals surface area (Å²) < 4.78 is 13.2. The predicted octanol–water partition coefficient (Wildman–Crippen LogP) is 1.89. The molecule has 0 bridgehead atoms. The van der Waals surface area contributed by atoms with Gasteiger partial charge in [-0.3, -0.25) is 4.68 Å². The van der Waals surface area contributed by atoms with E-state index >= 15 is 0 Å². The van der Waals surface area contributed by atoms with Crippen molar-refractivity contribution in [3.8, 4) is 0 Å². The van der Waals surface area contributed by atoms with Gasteiger partial charge in [-0.1, -0.05) is 12.8 Å². The quantitative estimate of drug-likeness (QED) is 0.864. The number of aromatic nitrogens is 2. The van der Waals surface area contributed by atoms with Crippen LogP contribution in [0, 0.1) is 0 Å². The molecule has 5 heteroatoms. The molecule has 2 fully saturated rings. The lowest BCUT2D eigenvalue weighted by Gasteiger charge is -2.25. The van der Waals surface area contributed by atoms with Crippen LogP contribution < -0.4 is 5.32 Å². The summed E-state index contributed by atoms with van der Waals surface area (Å²) in [5.74, 6) is 0. The molecule has 2 aliphatic rings. The van der Waals surface area contributed by atoms with E-state index in [-0.39, 0.29) is 5.60 Å². The smallest absolute Gasteiger partial charge is 0.106 e. The van der Waals surface area contributed by atoms with Crippen LogP contribution in [0.2, 0.25) is 0 Å². The van der Waals surface area contributed by atoms with Crippen LogP contribution in [-0.2, 0) is 16.0 Å². The van der Waals surface area contributed by atoms with E-state index in [1.165, 1.54) is 25.7 Å². The van der Waals surface area contributed by atoms with Crippen LogP contribution in [0.5, 0.6) is 0 Å². The Labute approximate surface area is 120 Å². The molecule has 20 heavy (non-hydrogen) atoms. The molecule has 1 saturated heterocycles. The van der Waals surface area contributed by atoms with E-state index in [1.807, 2.05) is 0 Å². The maximum Gasteiger partial charge on any atom is 0.106 e. The van der Waals surface area contributed by atoms with Crippen molar-refractivity contribution in [1.82, 2.24) is 15.1 Å².